The maximum atomic E-state index is 14.2. The molecule has 2 rings (SSSR count). The highest BCUT2D eigenvalue weighted by Crippen LogP contribution is 2.32. The minimum Gasteiger partial charge on any atom is -0.466 e. The van der Waals surface area contributed by atoms with Gasteiger partial charge in [-0.1, -0.05) is 85.2 Å². The number of nitrogens with zero attached hydrogens (tertiary/aromatic N) is 2. The second kappa shape index (κ2) is 22.5. The molecule has 0 radical (unpaired) electrons. The van der Waals surface area contributed by atoms with Crippen molar-refractivity contribution in [3.05, 3.63) is 52.0 Å². The smallest absolute Gasteiger partial charge is 0.308 e. The predicted molar refractivity (Wildman–Crippen MR) is 213 cm³/mol. The summed E-state index contributed by atoms with van der Waals surface area (Å²) >= 11 is 1.20. The molecule has 1 aromatic heterocycles. The van der Waals surface area contributed by atoms with Gasteiger partial charge in [0.05, 0.1) is 12.5 Å². The predicted octanol–water partition coefficient (Wildman–Crippen LogP) is 6.11. The Morgan fingerprint density at radius 3 is 2.19 bits per heavy atom. The van der Waals surface area contributed by atoms with Crippen LogP contribution < -0.4 is 16.0 Å². The summed E-state index contributed by atoms with van der Waals surface area (Å²) in [5.41, 5.74) is 0.595. The molecule has 0 fully saturated rings. The summed E-state index contributed by atoms with van der Waals surface area (Å²) in [6.45, 7) is 17.7. The van der Waals surface area contributed by atoms with Gasteiger partial charge < -0.3 is 30.3 Å². The van der Waals surface area contributed by atoms with Gasteiger partial charge >= 0.3 is 11.9 Å². The molecule has 0 spiro atoms. The molecule has 0 saturated heterocycles. The molecule has 0 unspecified atom stereocenters. The molecule has 3 amide bonds. The van der Waals surface area contributed by atoms with Crippen molar-refractivity contribution in [3.8, 4) is 0 Å². The van der Waals surface area contributed by atoms with Crippen LogP contribution in [0.3, 0.4) is 0 Å². The van der Waals surface area contributed by atoms with Gasteiger partial charge in [-0.3, -0.25) is 24.0 Å². The number of nitrogens with one attached hydrogen (secondary N) is 3. The third-order valence-corrected chi connectivity index (χ3v) is 10.5. The number of rotatable bonds is 22. The number of benzene rings is 1. The Balaban J connectivity index is 2.30. The van der Waals surface area contributed by atoms with Crippen molar-refractivity contribution in [2.24, 2.45) is 23.2 Å². The Bertz CT molecular complexity index is 1490. The number of thiazole rings is 1. The van der Waals surface area contributed by atoms with Crippen molar-refractivity contribution in [1.82, 2.24) is 25.8 Å². The Morgan fingerprint density at radius 1 is 0.944 bits per heavy atom. The summed E-state index contributed by atoms with van der Waals surface area (Å²) in [4.78, 5) is 72.2. The number of amides is 3. The average Bonchev–Trinajstić information content (AvgIpc) is 3.60. The first-order chi connectivity index (χ1) is 25.4. The van der Waals surface area contributed by atoms with Crippen molar-refractivity contribution in [2.45, 2.75) is 125 Å². The fraction of sp³-hybridized carbons (Fsp3) is 0.659. The van der Waals surface area contributed by atoms with Crippen LogP contribution in [0.5, 0.6) is 0 Å². The quantitative estimate of drug-likeness (QED) is 0.0951. The topological polar surface area (TPSA) is 156 Å². The number of carbonyl (C=O) groups excluding carboxylic acids is 5. The zero-order chi connectivity index (χ0) is 40.6. The van der Waals surface area contributed by atoms with E-state index in [1.54, 1.807) is 31.2 Å². The molecular weight excluding hydrogens is 707 g/mol. The molecule has 0 aliphatic heterocycles. The summed E-state index contributed by atoms with van der Waals surface area (Å²) in [7, 11) is 3.62. The fourth-order valence-corrected chi connectivity index (χ4v) is 7.22. The lowest BCUT2D eigenvalue weighted by atomic mass is 9.84. The van der Waals surface area contributed by atoms with E-state index in [9.17, 15) is 24.0 Å². The second-order valence-electron chi connectivity index (χ2n) is 15.7. The molecule has 0 bridgehead atoms. The van der Waals surface area contributed by atoms with Gasteiger partial charge in [0.2, 0.25) is 11.8 Å². The van der Waals surface area contributed by atoms with Crippen LogP contribution in [-0.2, 0) is 35.1 Å². The first-order valence-corrected chi connectivity index (χ1v) is 20.1. The van der Waals surface area contributed by atoms with E-state index in [-0.39, 0.29) is 54.4 Å². The summed E-state index contributed by atoms with van der Waals surface area (Å²) in [6.07, 6.45) is 2.87. The molecule has 0 aliphatic rings. The zero-order valence-corrected chi connectivity index (χ0v) is 35.1. The van der Waals surface area contributed by atoms with Gasteiger partial charge in [0.1, 0.15) is 16.7 Å². The third kappa shape index (κ3) is 15.1. The molecule has 12 nitrogen and oxygen atoms in total. The minimum atomic E-state index is -0.832. The van der Waals surface area contributed by atoms with E-state index < -0.39 is 41.4 Å². The van der Waals surface area contributed by atoms with Crippen molar-refractivity contribution in [3.63, 3.8) is 0 Å². The first kappa shape index (κ1) is 46.3. The molecule has 54 heavy (non-hydrogen) atoms. The van der Waals surface area contributed by atoms with Crippen molar-refractivity contribution in [2.75, 3.05) is 27.2 Å². The molecule has 1 aromatic carbocycles. The van der Waals surface area contributed by atoms with E-state index >= 15 is 0 Å². The number of carbonyl (C=O) groups is 5. The molecule has 0 aliphatic carbocycles. The highest BCUT2D eigenvalue weighted by Gasteiger charge is 2.39. The largest absolute Gasteiger partial charge is 0.466 e. The van der Waals surface area contributed by atoms with Gasteiger partial charge in [-0.05, 0) is 63.1 Å². The third-order valence-electron chi connectivity index (χ3n) is 9.56. The molecule has 3 N–H and O–H groups in total. The lowest BCUT2D eigenvalue weighted by molar-refractivity contribution is -0.150. The van der Waals surface area contributed by atoms with Gasteiger partial charge in [0.25, 0.3) is 5.91 Å². The van der Waals surface area contributed by atoms with E-state index in [4.69, 9.17) is 9.47 Å². The number of esters is 2. The van der Waals surface area contributed by atoms with Gasteiger partial charge in [0.15, 0.2) is 6.10 Å². The summed E-state index contributed by atoms with van der Waals surface area (Å²) in [5, 5.41) is 11.3. The molecule has 6 atom stereocenters. The maximum Gasteiger partial charge on any atom is 0.308 e. The monoisotopic (exact) mass is 771 g/mol. The Kier molecular flexibility index (Phi) is 19.3. The normalized spacial score (nSPS) is 15.0. The Morgan fingerprint density at radius 2 is 1.61 bits per heavy atom. The number of unbranched alkanes of at least 4 members (excludes halogenated alkanes) is 1. The number of hydrogen-bond acceptors (Lipinski definition) is 10. The van der Waals surface area contributed by atoms with Crippen LogP contribution in [0.1, 0.15) is 122 Å². The highest BCUT2D eigenvalue weighted by molar-refractivity contribution is 7.09. The van der Waals surface area contributed by atoms with Crippen molar-refractivity contribution >= 4 is 41.0 Å². The van der Waals surface area contributed by atoms with Crippen LogP contribution in [0.15, 0.2) is 35.7 Å². The molecule has 0 saturated carbocycles. The summed E-state index contributed by atoms with van der Waals surface area (Å²) in [6, 6.07) is 8.15. The number of ether oxygens (including phenoxy) is 2. The minimum absolute atomic E-state index is 0.0534. The molecule has 302 valence electrons. The molecule has 1 heterocycles. The van der Waals surface area contributed by atoms with Crippen LogP contribution in [0.2, 0.25) is 0 Å². The first-order valence-electron chi connectivity index (χ1n) is 19.2. The Labute approximate surface area is 326 Å². The summed E-state index contributed by atoms with van der Waals surface area (Å²) in [5.74, 6) is -2.38. The molecule has 2 aromatic rings. The van der Waals surface area contributed by atoms with E-state index in [0.717, 1.165) is 31.4 Å². The van der Waals surface area contributed by atoms with Crippen LogP contribution in [0.25, 0.3) is 0 Å². The van der Waals surface area contributed by atoms with Crippen LogP contribution in [0, 0.1) is 23.2 Å². The SMILES string of the molecule is CCOC(=O)[C@@H](C)C[C@H](Cc1ccccc1)NC(=O)c1csc([C@@H](C[C@H](C(C)C)N(C)C(=O)[C@@H](NC(=O)[C@H](C)CCCCNC)C(C)(C)C)OC(C)=O)n1. The highest BCUT2D eigenvalue weighted by atomic mass is 32.1. The lowest BCUT2D eigenvalue weighted by Crippen LogP contribution is -2.57. The van der Waals surface area contributed by atoms with Crippen molar-refractivity contribution < 1.29 is 33.4 Å². The maximum absolute atomic E-state index is 14.2. The standard InChI is InChI=1S/C41H65N5O7S/c1-12-52-40(51)28(5)22-31(23-30-19-14-13-15-20-30)43-37(49)32-25-54-38(44-32)34(53-29(6)47)24-33(26(2)3)46(11)39(50)35(41(7,8)9)45-36(48)27(4)18-16-17-21-42-10/h13-15,19-20,25-28,31,33-35,42H,12,16-18,21-24H2,1-11H3,(H,43,49)(H,45,48)/t27-,28+,31-,33-,34-,35-/m1/s1. The van der Waals surface area contributed by atoms with Crippen molar-refractivity contribution in [1.29, 1.82) is 0 Å². The van der Waals surface area contributed by atoms with Gasteiger partial charge in [-0.25, -0.2) is 4.98 Å². The number of hydrogen-bond donors (Lipinski definition) is 3. The van der Waals surface area contributed by atoms with E-state index in [1.807, 2.05) is 78.9 Å². The van der Waals surface area contributed by atoms with E-state index in [0.29, 0.717) is 17.8 Å². The molecular formula is C41H65N5O7S. The lowest BCUT2D eigenvalue weighted by Gasteiger charge is -2.39. The Hall–Kier alpha value is -3.84. The second-order valence-corrected chi connectivity index (χ2v) is 16.6. The molecule has 13 heteroatoms. The van der Waals surface area contributed by atoms with E-state index in [1.165, 1.54) is 18.3 Å². The van der Waals surface area contributed by atoms with Crippen LogP contribution in [-0.4, -0.2) is 84.9 Å². The number of likely N-dealkylation sites (N-methyl/N-ethyl adjacent to an activating group) is 1. The number of aromatic nitrogens is 1. The summed E-state index contributed by atoms with van der Waals surface area (Å²) < 4.78 is 11.0. The fourth-order valence-electron chi connectivity index (χ4n) is 6.38. The van der Waals surface area contributed by atoms with Gasteiger partial charge in [0, 0.05) is 43.8 Å². The van der Waals surface area contributed by atoms with Crippen LogP contribution in [0.4, 0.5) is 0 Å². The van der Waals surface area contributed by atoms with Crippen LogP contribution >= 0.6 is 11.3 Å². The van der Waals surface area contributed by atoms with Gasteiger partial charge in [-0.2, -0.15) is 0 Å². The van der Waals surface area contributed by atoms with Gasteiger partial charge in [-0.15, -0.1) is 11.3 Å². The van der Waals surface area contributed by atoms with E-state index in [2.05, 4.69) is 20.9 Å². The average molecular weight is 772 g/mol. The zero-order valence-electron chi connectivity index (χ0n) is 34.3.